The molecule has 1 N–H and O–H groups in total. The maximum atomic E-state index is 13.0. The second kappa shape index (κ2) is 8.59. The van der Waals surface area contributed by atoms with Gasteiger partial charge in [0.15, 0.2) is 0 Å². The van der Waals surface area contributed by atoms with E-state index in [9.17, 15) is 9.59 Å². The Hall–Kier alpha value is -2.97. The van der Waals surface area contributed by atoms with E-state index in [1.54, 1.807) is 0 Å². The van der Waals surface area contributed by atoms with E-state index in [-0.39, 0.29) is 12.8 Å². The average Bonchev–Trinajstić information content (AvgIpc) is 2.78. The van der Waals surface area contributed by atoms with Crippen LogP contribution in [0.15, 0.2) is 91.0 Å². The molecule has 0 bridgehead atoms. The number of hydrogen-bond acceptors (Lipinski definition) is 3. The first-order valence-corrected chi connectivity index (χ1v) is 12.0. The van der Waals surface area contributed by atoms with Crippen LogP contribution in [0, 0.1) is 0 Å². The summed E-state index contributed by atoms with van der Waals surface area (Å²) in [5, 5.41) is 11.9. The second-order valence-corrected chi connectivity index (χ2v) is 11.7. The van der Waals surface area contributed by atoms with Gasteiger partial charge in [-0.25, -0.2) is 0 Å². The zero-order valence-electron chi connectivity index (χ0n) is 16.4. The van der Waals surface area contributed by atoms with Crippen molar-refractivity contribution in [2.45, 2.75) is 19.8 Å². The first-order valence-electron chi connectivity index (χ1n) is 9.65. The van der Waals surface area contributed by atoms with Gasteiger partial charge in [-0.3, -0.25) is 0 Å². The summed E-state index contributed by atoms with van der Waals surface area (Å²) in [6.45, 7) is -1.60. The summed E-state index contributed by atoms with van der Waals surface area (Å²) in [4.78, 5) is 24.0. The van der Waals surface area contributed by atoms with Crippen molar-refractivity contribution in [1.82, 2.24) is 0 Å². The molecule has 0 radical (unpaired) electrons. The zero-order chi connectivity index (χ0) is 20.8. The van der Waals surface area contributed by atoms with E-state index in [1.807, 2.05) is 97.9 Å². The summed E-state index contributed by atoms with van der Waals surface area (Å²) >= 11 is 0. The van der Waals surface area contributed by atoms with Crippen LogP contribution in [-0.2, 0) is 14.1 Å². The minimum atomic E-state index is -3.64. The van der Waals surface area contributed by atoms with Gasteiger partial charge in [-0.2, -0.15) is 0 Å². The molecule has 3 rings (SSSR count). The van der Waals surface area contributed by atoms with E-state index in [1.165, 1.54) is 0 Å². The van der Waals surface area contributed by atoms with E-state index < -0.39 is 18.8 Å². The van der Waals surface area contributed by atoms with Crippen molar-refractivity contribution >= 4 is 34.7 Å². The molecule has 0 unspecified atom stereocenters. The first kappa shape index (κ1) is 20.8. The van der Waals surface area contributed by atoms with Crippen molar-refractivity contribution in [3.8, 4) is 0 Å². The summed E-state index contributed by atoms with van der Waals surface area (Å²) < 4.78 is 6.51. The Morgan fingerprint density at radius 1 is 0.724 bits per heavy atom. The van der Waals surface area contributed by atoms with Crippen LogP contribution in [0.5, 0.6) is 0 Å². The van der Waals surface area contributed by atoms with E-state index in [4.69, 9.17) is 9.63 Å². The zero-order valence-corrected chi connectivity index (χ0v) is 17.3. The first-order chi connectivity index (χ1) is 14.0. The normalized spacial score (nSPS) is 12.5. The van der Waals surface area contributed by atoms with Crippen LogP contribution >= 0.6 is 6.83 Å². The number of aliphatic carboxylic acids is 1. The van der Waals surface area contributed by atoms with Crippen LogP contribution < -0.4 is 15.9 Å². The molecule has 0 aliphatic heterocycles. The SMILES string of the molecule is CCP(OC(=O)CCC(=O)O)(c1ccccc1)(c1ccccc1)c1ccccc1. The van der Waals surface area contributed by atoms with E-state index >= 15 is 0 Å². The number of carbonyl (C=O) groups excluding carboxylic acids is 1. The molecule has 5 heteroatoms. The Morgan fingerprint density at radius 2 is 1.10 bits per heavy atom. The number of carboxylic acids is 1. The van der Waals surface area contributed by atoms with Gasteiger partial charge in [-0.15, -0.1) is 0 Å². The standard InChI is InChI=1S/C24H25O4P/c1-2-29(20-12-6-3-7-13-20,21-14-8-4-9-15-21,22-16-10-5-11-17-22)28-24(27)19-18-23(25)26/h3-17H,2,18-19H2,1H3,(H,25,26). The van der Waals surface area contributed by atoms with Gasteiger partial charge in [0.05, 0.1) is 0 Å². The second-order valence-electron chi connectivity index (χ2n) is 6.89. The molecule has 0 amide bonds. The third-order valence-electron chi connectivity index (χ3n) is 5.36. The van der Waals surface area contributed by atoms with Crippen molar-refractivity contribution in [2.75, 3.05) is 6.16 Å². The van der Waals surface area contributed by atoms with Gasteiger partial charge in [0.25, 0.3) is 0 Å². The summed E-state index contributed by atoms with van der Waals surface area (Å²) in [6, 6.07) is 29.5. The molecule has 0 fully saturated rings. The van der Waals surface area contributed by atoms with E-state index in [2.05, 4.69) is 0 Å². The number of carboxylic acid groups (broad SMARTS) is 1. The van der Waals surface area contributed by atoms with Crippen molar-refractivity contribution in [2.24, 2.45) is 0 Å². The molecule has 0 heterocycles. The summed E-state index contributed by atoms with van der Waals surface area (Å²) in [5.74, 6) is -1.51. The Balaban J connectivity index is 2.34. The fourth-order valence-corrected chi connectivity index (χ4v) is 9.31. The number of hydrogen-bond donors (Lipinski definition) is 1. The fourth-order valence-electron chi connectivity index (χ4n) is 3.93. The van der Waals surface area contributed by atoms with Gasteiger partial charge in [0, 0.05) is 0 Å². The van der Waals surface area contributed by atoms with Gasteiger partial charge in [0.1, 0.15) is 0 Å². The van der Waals surface area contributed by atoms with Gasteiger partial charge in [0.2, 0.25) is 0 Å². The number of benzene rings is 3. The third kappa shape index (κ3) is 3.68. The molecular weight excluding hydrogens is 383 g/mol. The van der Waals surface area contributed by atoms with Gasteiger partial charge < -0.3 is 0 Å². The van der Waals surface area contributed by atoms with Gasteiger partial charge in [-0.05, 0) is 0 Å². The molecule has 150 valence electrons. The van der Waals surface area contributed by atoms with E-state index in [0.29, 0.717) is 6.16 Å². The minimum absolute atomic E-state index is 0.167. The average molecular weight is 408 g/mol. The monoisotopic (exact) mass is 408 g/mol. The van der Waals surface area contributed by atoms with Crippen LogP contribution in [0.25, 0.3) is 0 Å². The Labute approximate surface area is 171 Å². The Bertz CT molecular complexity index is 872. The molecule has 3 aromatic carbocycles. The number of rotatable bonds is 8. The fraction of sp³-hybridized carbons (Fsp3) is 0.167. The third-order valence-corrected chi connectivity index (χ3v) is 11.3. The van der Waals surface area contributed by atoms with Crippen LogP contribution in [-0.4, -0.2) is 23.2 Å². The quantitative estimate of drug-likeness (QED) is 0.575. The molecule has 0 saturated heterocycles. The molecule has 0 saturated carbocycles. The summed E-state index contributed by atoms with van der Waals surface area (Å²) in [7, 11) is 0. The number of carbonyl (C=O) groups is 2. The molecule has 4 nitrogen and oxygen atoms in total. The van der Waals surface area contributed by atoms with Gasteiger partial charge in [-0.1, -0.05) is 0 Å². The van der Waals surface area contributed by atoms with Crippen LogP contribution in [0.2, 0.25) is 0 Å². The van der Waals surface area contributed by atoms with Crippen LogP contribution in [0.1, 0.15) is 19.8 Å². The Morgan fingerprint density at radius 3 is 1.41 bits per heavy atom. The van der Waals surface area contributed by atoms with Crippen molar-refractivity contribution in [1.29, 1.82) is 0 Å². The molecular formula is C24H25O4P. The molecule has 0 aliphatic carbocycles. The Kier molecular flexibility index (Phi) is 6.14. The summed E-state index contributed by atoms with van der Waals surface area (Å²) in [6.07, 6.45) is 0.148. The van der Waals surface area contributed by atoms with Crippen LogP contribution in [0.3, 0.4) is 0 Å². The van der Waals surface area contributed by atoms with Crippen LogP contribution in [0.4, 0.5) is 0 Å². The topological polar surface area (TPSA) is 63.6 Å². The van der Waals surface area contributed by atoms with Gasteiger partial charge >= 0.3 is 171 Å². The molecule has 0 aromatic heterocycles. The van der Waals surface area contributed by atoms with Crippen molar-refractivity contribution in [3.05, 3.63) is 91.0 Å². The predicted molar refractivity (Wildman–Crippen MR) is 119 cm³/mol. The summed E-state index contributed by atoms with van der Waals surface area (Å²) in [5.41, 5.74) is 0. The predicted octanol–water partition coefficient (Wildman–Crippen LogP) is 3.86. The van der Waals surface area contributed by atoms with E-state index in [0.717, 1.165) is 15.9 Å². The molecule has 3 aromatic rings. The molecule has 0 aliphatic rings. The molecule has 0 spiro atoms. The van der Waals surface area contributed by atoms with Crippen molar-refractivity contribution in [3.63, 3.8) is 0 Å². The molecule has 29 heavy (non-hydrogen) atoms. The molecule has 0 atom stereocenters. The van der Waals surface area contributed by atoms with Crippen molar-refractivity contribution < 1.29 is 19.2 Å². The maximum absolute atomic E-state index is 13.0.